The zero-order valence-electron chi connectivity index (χ0n) is 15.7. The van der Waals surface area contributed by atoms with Crippen LogP contribution < -0.4 is 5.32 Å². The molecule has 7 nitrogen and oxygen atoms in total. The summed E-state index contributed by atoms with van der Waals surface area (Å²) in [6.07, 6.45) is 7.54. The van der Waals surface area contributed by atoms with E-state index in [1.807, 2.05) is 0 Å². The number of esters is 1. The average Bonchev–Trinajstić information content (AvgIpc) is 2.67. The second-order valence-electron chi connectivity index (χ2n) is 6.47. The van der Waals surface area contributed by atoms with Crippen LogP contribution in [0.25, 0.3) is 0 Å². The number of carbonyl (C=O) groups is 2. The lowest BCUT2D eigenvalue weighted by atomic mass is 9.96. The molecule has 8 heteroatoms. The normalized spacial score (nSPS) is 15.8. The van der Waals surface area contributed by atoms with E-state index in [4.69, 9.17) is 4.74 Å². The summed E-state index contributed by atoms with van der Waals surface area (Å²) in [5, 5.41) is 2.53. The van der Waals surface area contributed by atoms with Crippen molar-refractivity contribution in [2.24, 2.45) is 0 Å². The molecule has 1 amide bonds. The Morgan fingerprint density at radius 1 is 1.22 bits per heavy atom. The number of carbonyl (C=O) groups excluding carboxylic acids is 2. The van der Waals surface area contributed by atoms with Gasteiger partial charge in [0, 0.05) is 19.2 Å². The summed E-state index contributed by atoms with van der Waals surface area (Å²) in [6.45, 7) is 1.17. The predicted octanol–water partition coefficient (Wildman–Crippen LogP) is 2.70. The molecule has 0 heterocycles. The molecule has 0 aromatic heterocycles. The van der Waals surface area contributed by atoms with Crippen LogP contribution in [0, 0.1) is 0 Å². The minimum atomic E-state index is -3.76. The molecule has 1 aromatic rings. The predicted molar refractivity (Wildman–Crippen MR) is 103 cm³/mol. The van der Waals surface area contributed by atoms with Gasteiger partial charge in [0.2, 0.25) is 10.0 Å². The quantitative estimate of drug-likeness (QED) is 0.567. The van der Waals surface area contributed by atoms with Crippen molar-refractivity contribution in [2.75, 3.05) is 19.0 Å². The second-order valence-corrected chi connectivity index (χ2v) is 8.43. The first-order valence-corrected chi connectivity index (χ1v) is 10.5. The Kier molecular flexibility index (Phi) is 7.55. The molecular formula is C19H26N2O5S. The topological polar surface area (TPSA) is 92.8 Å². The molecule has 0 atom stereocenters. The average molecular weight is 394 g/mol. The monoisotopic (exact) mass is 394 g/mol. The summed E-state index contributed by atoms with van der Waals surface area (Å²) in [5.74, 6) is -1.23. The maximum atomic E-state index is 13.1. The van der Waals surface area contributed by atoms with Crippen molar-refractivity contribution >= 4 is 27.6 Å². The van der Waals surface area contributed by atoms with Crippen LogP contribution in [0.15, 0.2) is 41.3 Å². The Morgan fingerprint density at radius 3 is 2.56 bits per heavy atom. The number of hydrogen-bond acceptors (Lipinski definition) is 5. The summed E-state index contributed by atoms with van der Waals surface area (Å²) in [4.78, 5) is 23.4. The van der Waals surface area contributed by atoms with Gasteiger partial charge in [-0.3, -0.25) is 4.79 Å². The van der Waals surface area contributed by atoms with E-state index in [9.17, 15) is 18.0 Å². The van der Waals surface area contributed by atoms with Crippen molar-refractivity contribution in [1.82, 2.24) is 4.31 Å². The van der Waals surface area contributed by atoms with Gasteiger partial charge in [-0.1, -0.05) is 37.5 Å². The van der Waals surface area contributed by atoms with Crippen LogP contribution in [-0.2, 0) is 24.3 Å². The molecule has 0 spiro atoms. The Bertz CT molecular complexity index is 798. The maximum Gasteiger partial charge on any atom is 0.330 e. The molecule has 1 aliphatic carbocycles. The minimum absolute atomic E-state index is 0.0331. The highest BCUT2D eigenvalue weighted by atomic mass is 32.2. The third kappa shape index (κ3) is 5.64. The Morgan fingerprint density at radius 2 is 1.89 bits per heavy atom. The van der Waals surface area contributed by atoms with Gasteiger partial charge in [0.15, 0.2) is 6.61 Å². The summed E-state index contributed by atoms with van der Waals surface area (Å²) in [5.41, 5.74) is 0.173. The van der Waals surface area contributed by atoms with Crippen molar-refractivity contribution in [3.05, 3.63) is 36.4 Å². The molecule has 0 unspecified atom stereocenters. The minimum Gasteiger partial charge on any atom is -0.452 e. The third-order valence-electron chi connectivity index (χ3n) is 4.56. The maximum absolute atomic E-state index is 13.1. The summed E-state index contributed by atoms with van der Waals surface area (Å²) >= 11 is 0. The van der Waals surface area contributed by atoms with Gasteiger partial charge in [0.05, 0.1) is 5.69 Å². The van der Waals surface area contributed by atoms with Gasteiger partial charge < -0.3 is 10.1 Å². The third-order valence-corrected chi connectivity index (χ3v) is 6.52. The van der Waals surface area contributed by atoms with Gasteiger partial charge in [-0.05, 0) is 31.9 Å². The van der Waals surface area contributed by atoms with Crippen molar-refractivity contribution in [1.29, 1.82) is 0 Å². The zero-order chi connectivity index (χ0) is 19.9. The molecule has 1 fully saturated rings. The number of sulfonamides is 1. The number of hydrogen-bond donors (Lipinski definition) is 1. The van der Waals surface area contributed by atoms with Crippen LogP contribution in [0.1, 0.15) is 39.0 Å². The number of benzene rings is 1. The summed E-state index contributed by atoms with van der Waals surface area (Å²) < 4.78 is 32.3. The summed E-state index contributed by atoms with van der Waals surface area (Å²) in [7, 11) is -2.17. The van der Waals surface area contributed by atoms with Crippen LogP contribution in [0.4, 0.5) is 5.69 Å². The van der Waals surface area contributed by atoms with Crippen molar-refractivity contribution in [3.63, 3.8) is 0 Å². The molecule has 0 saturated heterocycles. The molecule has 0 bridgehead atoms. The van der Waals surface area contributed by atoms with E-state index in [-0.39, 0.29) is 16.6 Å². The van der Waals surface area contributed by atoms with Gasteiger partial charge in [-0.25, -0.2) is 13.2 Å². The van der Waals surface area contributed by atoms with Crippen molar-refractivity contribution < 1.29 is 22.7 Å². The summed E-state index contributed by atoms with van der Waals surface area (Å²) in [6, 6.07) is 6.21. The first-order chi connectivity index (χ1) is 12.9. The van der Waals surface area contributed by atoms with E-state index in [2.05, 4.69) is 5.32 Å². The molecule has 1 aromatic carbocycles. The van der Waals surface area contributed by atoms with E-state index in [1.54, 1.807) is 26.1 Å². The molecular weight excluding hydrogens is 368 g/mol. The van der Waals surface area contributed by atoms with Gasteiger partial charge >= 0.3 is 5.97 Å². The van der Waals surface area contributed by atoms with E-state index in [0.29, 0.717) is 0 Å². The molecule has 0 aliphatic heterocycles. The lowest BCUT2D eigenvalue weighted by Crippen LogP contribution is -2.38. The first kappa shape index (κ1) is 21.1. The van der Waals surface area contributed by atoms with Gasteiger partial charge in [0.1, 0.15) is 4.90 Å². The number of nitrogens with one attached hydrogen (secondary N) is 1. The molecule has 0 radical (unpaired) electrons. The second kappa shape index (κ2) is 9.66. The smallest absolute Gasteiger partial charge is 0.330 e. The number of anilines is 1. The van der Waals surface area contributed by atoms with Crippen LogP contribution in [0.5, 0.6) is 0 Å². The highest BCUT2D eigenvalue weighted by Crippen LogP contribution is 2.29. The fraction of sp³-hybridized carbons (Fsp3) is 0.474. The van der Waals surface area contributed by atoms with E-state index >= 15 is 0 Å². The molecule has 2 rings (SSSR count). The number of para-hydroxylation sites is 1. The number of rotatable bonds is 7. The Labute approximate surface area is 160 Å². The number of nitrogens with zero attached hydrogens (tertiary/aromatic N) is 1. The molecule has 1 saturated carbocycles. The van der Waals surface area contributed by atoms with Crippen LogP contribution in [0.2, 0.25) is 0 Å². The van der Waals surface area contributed by atoms with Crippen molar-refractivity contribution in [3.8, 4) is 0 Å². The SMILES string of the molecule is C/C=C/C(=O)OCC(=O)Nc1ccccc1S(=O)(=O)N(C)C1CCCCC1. The molecule has 1 aliphatic rings. The van der Waals surface area contributed by atoms with Gasteiger partial charge in [-0.2, -0.15) is 4.31 Å². The fourth-order valence-electron chi connectivity index (χ4n) is 3.10. The highest BCUT2D eigenvalue weighted by Gasteiger charge is 2.31. The number of ether oxygens (including phenoxy) is 1. The number of amides is 1. The fourth-order valence-corrected chi connectivity index (χ4v) is 4.66. The highest BCUT2D eigenvalue weighted by molar-refractivity contribution is 7.89. The van der Waals surface area contributed by atoms with E-state index in [1.165, 1.54) is 28.6 Å². The molecule has 1 N–H and O–H groups in total. The van der Waals surface area contributed by atoms with E-state index < -0.39 is 28.5 Å². The van der Waals surface area contributed by atoms with E-state index in [0.717, 1.165) is 32.1 Å². The molecule has 27 heavy (non-hydrogen) atoms. The lowest BCUT2D eigenvalue weighted by molar-refractivity contribution is -0.142. The van der Waals surface area contributed by atoms with Gasteiger partial charge in [0.25, 0.3) is 5.91 Å². The van der Waals surface area contributed by atoms with Crippen molar-refractivity contribution in [2.45, 2.75) is 50.0 Å². The van der Waals surface area contributed by atoms with Crippen LogP contribution in [0.3, 0.4) is 0 Å². The lowest BCUT2D eigenvalue weighted by Gasteiger charge is -2.30. The largest absolute Gasteiger partial charge is 0.452 e. The number of allylic oxidation sites excluding steroid dienone is 1. The Hall–Kier alpha value is -2.19. The van der Waals surface area contributed by atoms with Gasteiger partial charge in [-0.15, -0.1) is 0 Å². The first-order valence-electron chi connectivity index (χ1n) is 9.02. The molecule has 148 valence electrons. The standard InChI is InChI=1S/C19H26N2O5S/c1-3-9-19(23)26-14-18(22)20-16-12-7-8-13-17(16)27(24,25)21(2)15-10-5-4-6-11-15/h3,7-9,12-13,15H,4-6,10-11,14H2,1-2H3,(H,20,22)/b9-3+. The van der Waals surface area contributed by atoms with Crippen LogP contribution in [-0.4, -0.2) is 44.3 Å². The van der Waals surface area contributed by atoms with Crippen LogP contribution >= 0.6 is 0 Å². The Balaban J connectivity index is 2.14. The zero-order valence-corrected chi connectivity index (χ0v) is 16.5.